The average Bonchev–Trinajstić information content (AvgIpc) is 3.20. The number of ether oxygens (including phenoxy) is 1. The van der Waals surface area contributed by atoms with Crippen molar-refractivity contribution in [2.75, 3.05) is 12.4 Å². The van der Waals surface area contributed by atoms with E-state index < -0.39 is 0 Å². The molecule has 0 aliphatic carbocycles. The predicted molar refractivity (Wildman–Crippen MR) is 120 cm³/mol. The molecule has 0 aliphatic heterocycles. The zero-order valence-electron chi connectivity index (χ0n) is 17.3. The number of hydrogen-bond acceptors (Lipinski definition) is 5. The number of nitrogens with zero attached hydrogens (tertiary/aromatic N) is 1. The number of amides is 2. The van der Waals surface area contributed by atoms with Crippen LogP contribution in [0, 0.1) is 0 Å². The third kappa shape index (κ3) is 5.90. The summed E-state index contributed by atoms with van der Waals surface area (Å²) in [6, 6.07) is 15.5. The summed E-state index contributed by atoms with van der Waals surface area (Å²) in [6.45, 7) is 3.45. The molecule has 6 nitrogen and oxygen atoms in total. The number of aromatic nitrogens is 1. The summed E-state index contributed by atoms with van der Waals surface area (Å²) >= 11 is 1.40. The first-order chi connectivity index (χ1) is 14.4. The minimum absolute atomic E-state index is 0.0486. The SMILES string of the molecule is COc1ccc(CCC(=O)Nc2nc(-c3ccc(C(C)NC(C)=O)cc3)cs2)cc1. The second-order valence-electron chi connectivity index (χ2n) is 6.98. The molecule has 0 bridgehead atoms. The van der Waals surface area contributed by atoms with Crippen LogP contribution in [0.15, 0.2) is 53.9 Å². The Labute approximate surface area is 180 Å². The zero-order valence-corrected chi connectivity index (χ0v) is 18.1. The molecule has 0 aliphatic rings. The number of nitrogens with one attached hydrogen (secondary N) is 2. The molecule has 1 heterocycles. The molecule has 2 N–H and O–H groups in total. The van der Waals surface area contributed by atoms with Crippen molar-refractivity contribution in [2.45, 2.75) is 32.7 Å². The van der Waals surface area contributed by atoms with Gasteiger partial charge in [0.2, 0.25) is 11.8 Å². The number of carbonyl (C=O) groups is 2. The lowest BCUT2D eigenvalue weighted by molar-refractivity contribution is -0.119. The van der Waals surface area contributed by atoms with E-state index in [0.717, 1.165) is 28.1 Å². The number of rotatable bonds is 8. The first kappa shape index (κ1) is 21.5. The molecule has 0 saturated carbocycles. The van der Waals surface area contributed by atoms with Crippen LogP contribution in [0.4, 0.5) is 5.13 Å². The third-order valence-corrected chi connectivity index (χ3v) is 5.43. The fourth-order valence-corrected chi connectivity index (χ4v) is 3.76. The third-order valence-electron chi connectivity index (χ3n) is 4.68. The molecule has 3 rings (SSSR count). The molecule has 7 heteroatoms. The zero-order chi connectivity index (χ0) is 21.5. The van der Waals surface area contributed by atoms with Crippen LogP contribution < -0.4 is 15.4 Å². The molecule has 1 unspecified atom stereocenters. The van der Waals surface area contributed by atoms with Gasteiger partial charge in [-0.2, -0.15) is 0 Å². The van der Waals surface area contributed by atoms with Crippen molar-refractivity contribution in [2.24, 2.45) is 0 Å². The molecule has 2 amide bonds. The highest BCUT2D eigenvalue weighted by atomic mass is 32.1. The Morgan fingerprint density at radius 2 is 1.80 bits per heavy atom. The van der Waals surface area contributed by atoms with Crippen molar-refractivity contribution in [3.05, 3.63) is 65.0 Å². The number of thiazole rings is 1. The molecular formula is C23H25N3O3S. The molecule has 30 heavy (non-hydrogen) atoms. The second kappa shape index (κ2) is 10.0. The van der Waals surface area contributed by atoms with Gasteiger partial charge in [-0.1, -0.05) is 36.4 Å². The standard InChI is InChI=1S/C23H25N3O3S/c1-15(24-16(2)27)18-7-9-19(10-8-18)21-14-30-23(25-21)26-22(28)13-6-17-4-11-20(29-3)12-5-17/h4-5,7-12,14-15H,6,13H2,1-3H3,(H,24,27)(H,25,26,28). The topological polar surface area (TPSA) is 80.3 Å². The van der Waals surface area contributed by atoms with E-state index in [1.54, 1.807) is 7.11 Å². The Morgan fingerprint density at radius 3 is 2.43 bits per heavy atom. The first-order valence-electron chi connectivity index (χ1n) is 9.70. The van der Waals surface area contributed by atoms with E-state index in [9.17, 15) is 9.59 Å². The minimum atomic E-state index is -0.0637. The second-order valence-corrected chi connectivity index (χ2v) is 7.84. The molecule has 1 atom stereocenters. The van der Waals surface area contributed by atoms with Gasteiger partial charge >= 0.3 is 0 Å². The summed E-state index contributed by atoms with van der Waals surface area (Å²) in [5.74, 6) is 0.681. The largest absolute Gasteiger partial charge is 0.497 e. The van der Waals surface area contributed by atoms with E-state index in [1.807, 2.05) is 60.8 Å². The van der Waals surface area contributed by atoms with Gasteiger partial charge in [0.1, 0.15) is 5.75 Å². The first-order valence-corrected chi connectivity index (χ1v) is 10.6. The van der Waals surface area contributed by atoms with E-state index in [2.05, 4.69) is 15.6 Å². The molecule has 2 aromatic carbocycles. The van der Waals surface area contributed by atoms with Gasteiger partial charge in [-0.25, -0.2) is 4.98 Å². The Hall–Kier alpha value is -3.19. The number of benzene rings is 2. The molecular weight excluding hydrogens is 398 g/mol. The Kier molecular flexibility index (Phi) is 7.19. The number of methoxy groups -OCH3 is 1. The van der Waals surface area contributed by atoms with Gasteiger partial charge < -0.3 is 15.4 Å². The lowest BCUT2D eigenvalue weighted by Crippen LogP contribution is -2.23. The lowest BCUT2D eigenvalue weighted by atomic mass is 10.1. The summed E-state index contributed by atoms with van der Waals surface area (Å²) in [4.78, 5) is 28.0. The lowest BCUT2D eigenvalue weighted by Gasteiger charge is -2.13. The van der Waals surface area contributed by atoms with Gasteiger partial charge in [0.25, 0.3) is 0 Å². The van der Waals surface area contributed by atoms with Crippen LogP contribution in [0.5, 0.6) is 5.75 Å². The van der Waals surface area contributed by atoms with Crippen LogP contribution >= 0.6 is 11.3 Å². The van der Waals surface area contributed by atoms with E-state index in [4.69, 9.17) is 4.74 Å². The monoisotopic (exact) mass is 423 g/mol. The quantitative estimate of drug-likeness (QED) is 0.555. The molecule has 1 aromatic heterocycles. The Bertz CT molecular complexity index is 997. The number of carbonyl (C=O) groups excluding carboxylic acids is 2. The highest BCUT2D eigenvalue weighted by molar-refractivity contribution is 7.14. The fourth-order valence-electron chi connectivity index (χ4n) is 3.03. The van der Waals surface area contributed by atoms with Gasteiger partial charge in [0.05, 0.1) is 18.8 Å². The van der Waals surface area contributed by atoms with E-state index >= 15 is 0 Å². The smallest absolute Gasteiger partial charge is 0.226 e. The van der Waals surface area contributed by atoms with Crippen molar-refractivity contribution in [3.8, 4) is 17.0 Å². The molecule has 156 valence electrons. The molecule has 0 radical (unpaired) electrons. The molecule has 0 spiro atoms. The van der Waals surface area contributed by atoms with Crippen LogP contribution in [0.1, 0.15) is 37.4 Å². The summed E-state index contributed by atoms with van der Waals surface area (Å²) < 4.78 is 5.14. The van der Waals surface area contributed by atoms with Crippen molar-refractivity contribution in [3.63, 3.8) is 0 Å². The van der Waals surface area contributed by atoms with Gasteiger partial charge in [-0.15, -0.1) is 11.3 Å². The highest BCUT2D eigenvalue weighted by Gasteiger charge is 2.10. The van der Waals surface area contributed by atoms with E-state index in [1.165, 1.54) is 18.3 Å². The Morgan fingerprint density at radius 1 is 1.10 bits per heavy atom. The minimum Gasteiger partial charge on any atom is -0.497 e. The van der Waals surface area contributed by atoms with Crippen LogP contribution in [-0.2, 0) is 16.0 Å². The van der Waals surface area contributed by atoms with E-state index in [-0.39, 0.29) is 17.9 Å². The molecule has 0 fully saturated rings. The highest BCUT2D eigenvalue weighted by Crippen LogP contribution is 2.26. The summed E-state index contributed by atoms with van der Waals surface area (Å²) in [7, 11) is 1.63. The van der Waals surface area contributed by atoms with Gasteiger partial charge in [0, 0.05) is 24.3 Å². The normalized spacial score (nSPS) is 11.6. The Balaban J connectivity index is 1.55. The number of anilines is 1. The number of hydrogen-bond donors (Lipinski definition) is 2. The van der Waals surface area contributed by atoms with Crippen molar-refractivity contribution in [1.82, 2.24) is 10.3 Å². The van der Waals surface area contributed by atoms with Crippen molar-refractivity contribution < 1.29 is 14.3 Å². The fraction of sp³-hybridized carbons (Fsp3) is 0.261. The van der Waals surface area contributed by atoms with Gasteiger partial charge in [-0.05, 0) is 36.6 Å². The van der Waals surface area contributed by atoms with Crippen molar-refractivity contribution in [1.29, 1.82) is 0 Å². The van der Waals surface area contributed by atoms with Gasteiger partial charge in [-0.3, -0.25) is 9.59 Å². The van der Waals surface area contributed by atoms with Gasteiger partial charge in [0.15, 0.2) is 5.13 Å². The molecule has 3 aromatic rings. The maximum Gasteiger partial charge on any atom is 0.226 e. The summed E-state index contributed by atoms with van der Waals surface area (Å²) in [5.41, 5.74) is 3.88. The maximum atomic E-state index is 12.3. The van der Waals surface area contributed by atoms with E-state index in [0.29, 0.717) is 18.0 Å². The van der Waals surface area contributed by atoms with Crippen LogP contribution in [-0.4, -0.2) is 23.9 Å². The van der Waals surface area contributed by atoms with Crippen molar-refractivity contribution >= 4 is 28.3 Å². The molecule has 0 saturated heterocycles. The van der Waals surface area contributed by atoms with Crippen LogP contribution in [0.3, 0.4) is 0 Å². The predicted octanol–water partition coefficient (Wildman–Crippen LogP) is 4.59. The maximum absolute atomic E-state index is 12.3. The van der Waals surface area contributed by atoms with Crippen LogP contribution in [0.2, 0.25) is 0 Å². The average molecular weight is 424 g/mol. The number of aryl methyl sites for hydroxylation is 1. The summed E-state index contributed by atoms with van der Waals surface area (Å²) in [5, 5.41) is 8.25. The summed E-state index contributed by atoms with van der Waals surface area (Å²) in [6.07, 6.45) is 1.04. The van der Waals surface area contributed by atoms with Crippen LogP contribution in [0.25, 0.3) is 11.3 Å².